The molecule has 3 fully saturated rings. The molecule has 0 aliphatic carbocycles. The van der Waals surface area contributed by atoms with E-state index >= 15 is 0 Å². The summed E-state index contributed by atoms with van der Waals surface area (Å²) in [4.78, 5) is 14.8. The van der Waals surface area contributed by atoms with Gasteiger partial charge in [-0.25, -0.2) is 18.0 Å². The number of quaternary nitrogens is 1. The number of hydrogen-bond donors (Lipinski definition) is 0. The molecule has 3 aromatic carbocycles. The molecule has 202 valence electrons. The molecular formula is C30H32BrF3N2O2. The molecule has 8 heteroatoms. The second-order valence-corrected chi connectivity index (χ2v) is 10.3. The molecule has 3 aliphatic rings. The molecule has 3 aromatic rings. The number of anilines is 1. The van der Waals surface area contributed by atoms with Gasteiger partial charge in [-0.15, -0.1) is 0 Å². The number of rotatable bonds is 8. The van der Waals surface area contributed by atoms with Crippen molar-refractivity contribution in [3.8, 4) is 0 Å². The molecule has 1 atom stereocenters. The highest BCUT2D eigenvalue weighted by Gasteiger charge is 2.47. The summed E-state index contributed by atoms with van der Waals surface area (Å²) in [7, 11) is 0. The minimum Gasteiger partial charge on any atom is -1.00 e. The zero-order chi connectivity index (χ0) is 25.8. The first-order valence-electron chi connectivity index (χ1n) is 13.0. The van der Waals surface area contributed by atoms with E-state index in [1.165, 1.54) is 10.5 Å². The van der Waals surface area contributed by atoms with Crippen LogP contribution < -0.4 is 21.9 Å². The van der Waals surface area contributed by atoms with E-state index in [2.05, 4.69) is 24.3 Å². The number of carbonyl (C=O) groups excluding carboxylic acids is 1. The largest absolute Gasteiger partial charge is 1.00 e. The number of carbonyl (C=O) groups is 1. The van der Waals surface area contributed by atoms with E-state index in [0.29, 0.717) is 17.7 Å². The van der Waals surface area contributed by atoms with Crippen LogP contribution >= 0.6 is 0 Å². The van der Waals surface area contributed by atoms with Crippen molar-refractivity contribution in [3.63, 3.8) is 0 Å². The number of piperidine rings is 3. The first-order chi connectivity index (χ1) is 17.9. The van der Waals surface area contributed by atoms with Crippen molar-refractivity contribution in [2.24, 2.45) is 5.92 Å². The maximum Gasteiger partial charge on any atom is 0.415 e. The van der Waals surface area contributed by atoms with Gasteiger partial charge in [-0.05, 0) is 30.2 Å². The zero-order valence-electron chi connectivity index (χ0n) is 21.2. The minimum absolute atomic E-state index is 0. The number of amides is 1. The van der Waals surface area contributed by atoms with Crippen molar-refractivity contribution >= 4 is 11.8 Å². The normalized spacial score (nSPS) is 22.0. The van der Waals surface area contributed by atoms with Gasteiger partial charge in [0, 0.05) is 42.5 Å². The summed E-state index contributed by atoms with van der Waals surface area (Å²) in [5, 5.41) is 0. The van der Waals surface area contributed by atoms with Crippen LogP contribution in [0.1, 0.15) is 30.4 Å². The molecule has 0 spiro atoms. The molecule has 38 heavy (non-hydrogen) atoms. The van der Waals surface area contributed by atoms with Crippen molar-refractivity contribution in [3.05, 3.63) is 101 Å². The maximum absolute atomic E-state index is 14.5. The van der Waals surface area contributed by atoms with E-state index in [0.717, 1.165) is 62.4 Å². The van der Waals surface area contributed by atoms with Gasteiger partial charge < -0.3 is 26.2 Å². The summed E-state index contributed by atoms with van der Waals surface area (Å²) in [6.07, 6.45) is 3.28. The molecular weight excluding hydrogens is 557 g/mol. The third kappa shape index (κ3) is 6.41. The summed E-state index contributed by atoms with van der Waals surface area (Å²) in [6, 6.07) is 20.5. The Morgan fingerprint density at radius 3 is 2.21 bits per heavy atom. The first kappa shape index (κ1) is 28.2. The molecule has 0 radical (unpaired) electrons. The second kappa shape index (κ2) is 12.3. The summed E-state index contributed by atoms with van der Waals surface area (Å²) in [5.41, 5.74) is 1.72. The Kier molecular flexibility index (Phi) is 9.15. The fourth-order valence-electron chi connectivity index (χ4n) is 5.85. The van der Waals surface area contributed by atoms with Crippen LogP contribution in [0.2, 0.25) is 0 Å². The minimum atomic E-state index is -1.26. The van der Waals surface area contributed by atoms with Crippen LogP contribution in [0.25, 0.3) is 0 Å². The number of benzene rings is 3. The molecule has 1 amide bonds. The predicted octanol–water partition coefficient (Wildman–Crippen LogP) is 3.49. The highest BCUT2D eigenvalue weighted by Crippen LogP contribution is 2.36. The van der Waals surface area contributed by atoms with E-state index in [-0.39, 0.29) is 35.2 Å². The van der Waals surface area contributed by atoms with Crippen LogP contribution in [-0.4, -0.2) is 42.9 Å². The molecule has 6 rings (SSSR count). The third-order valence-corrected chi connectivity index (χ3v) is 7.94. The van der Waals surface area contributed by atoms with E-state index in [4.69, 9.17) is 4.74 Å². The SMILES string of the molecule is O=C(O[C@H]1C[N+]2(CCCc3ccccc3)CCC1CC2)N(Cc1cc(F)c(F)cc1F)c1ccccc1.[Br-]. The molecule has 0 N–H and O–H groups in total. The quantitative estimate of drug-likeness (QED) is 0.298. The monoisotopic (exact) mass is 588 g/mol. The van der Waals surface area contributed by atoms with Crippen LogP contribution in [0, 0.1) is 23.4 Å². The van der Waals surface area contributed by atoms with Crippen molar-refractivity contribution in [2.75, 3.05) is 31.1 Å². The summed E-state index contributed by atoms with van der Waals surface area (Å²) in [5.74, 6) is -3.02. The molecule has 3 heterocycles. The molecule has 3 saturated heterocycles. The van der Waals surface area contributed by atoms with Crippen LogP contribution in [0.3, 0.4) is 0 Å². The Labute approximate surface area is 232 Å². The van der Waals surface area contributed by atoms with Crippen molar-refractivity contribution < 1.29 is 44.2 Å². The first-order valence-corrected chi connectivity index (χ1v) is 13.0. The number of fused-ring (bicyclic) bond motifs is 3. The number of ether oxygens (including phenoxy) is 1. The van der Waals surface area contributed by atoms with E-state index in [1.807, 2.05) is 12.1 Å². The Hall–Kier alpha value is -2.84. The Morgan fingerprint density at radius 2 is 1.53 bits per heavy atom. The highest BCUT2D eigenvalue weighted by molar-refractivity contribution is 5.87. The third-order valence-electron chi connectivity index (χ3n) is 7.94. The van der Waals surface area contributed by atoms with Gasteiger partial charge in [0.15, 0.2) is 17.7 Å². The second-order valence-electron chi connectivity index (χ2n) is 10.3. The van der Waals surface area contributed by atoms with Gasteiger partial charge in [-0.2, -0.15) is 0 Å². The molecule has 0 aromatic heterocycles. The lowest BCUT2D eigenvalue weighted by Gasteiger charge is -2.52. The highest BCUT2D eigenvalue weighted by atomic mass is 79.9. The average Bonchev–Trinajstić information content (AvgIpc) is 2.91. The fraction of sp³-hybridized carbons (Fsp3) is 0.367. The summed E-state index contributed by atoms with van der Waals surface area (Å²) < 4.78 is 48.8. The molecule has 4 nitrogen and oxygen atoms in total. The Balaban J connectivity index is 0.00000336. The standard InChI is InChI=1S/C30H32F3N2O2.BrH/c31-26-19-28(33)27(32)18-24(26)20-34(25-11-5-2-6-12-25)30(36)37-29-21-35(16-13-23(29)14-17-35)15-7-10-22-8-3-1-4-9-22;/h1-6,8-9,11-12,18-19,23,29H,7,10,13-17,20-21H2;1H/q+1;/p-1/t23?,29-,35?;/m0./s1. The number of halogens is 4. The molecule has 0 unspecified atom stereocenters. The van der Waals surface area contributed by atoms with Gasteiger partial charge in [-0.1, -0.05) is 48.5 Å². The van der Waals surface area contributed by atoms with Crippen molar-refractivity contribution in [2.45, 2.75) is 38.3 Å². The zero-order valence-corrected chi connectivity index (χ0v) is 22.8. The lowest BCUT2D eigenvalue weighted by atomic mass is 9.83. The van der Waals surface area contributed by atoms with Crippen LogP contribution in [0.5, 0.6) is 0 Å². The average molecular weight is 589 g/mol. The van der Waals surface area contributed by atoms with Crippen molar-refractivity contribution in [1.82, 2.24) is 0 Å². The molecule has 3 aliphatic heterocycles. The smallest absolute Gasteiger partial charge is 0.415 e. The van der Waals surface area contributed by atoms with E-state index < -0.39 is 23.5 Å². The van der Waals surface area contributed by atoms with E-state index in [9.17, 15) is 18.0 Å². The van der Waals surface area contributed by atoms with Crippen LogP contribution in [-0.2, 0) is 17.7 Å². The fourth-order valence-corrected chi connectivity index (χ4v) is 5.85. The van der Waals surface area contributed by atoms with Gasteiger partial charge >= 0.3 is 6.09 Å². The number of aryl methyl sites for hydroxylation is 1. The number of nitrogens with zero attached hydrogens (tertiary/aromatic N) is 2. The van der Waals surface area contributed by atoms with Gasteiger partial charge in [0.05, 0.1) is 26.2 Å². The summed E-state index contributed by atoms with van der Waals surface area (Å²) >= 11 is 0. The lowest BCUT2D eigenvalue weighted by molar-refractivity contribution is -0.946. The Morgan fingerprint density at radius 1 is 0.895 bits per heavy atom. The number of hydrogen-bond acceptors (Lipinski definition) is 2. The molecule has 0 saturated carbocycles. The van der Waals surface area contributed by atoms with Gasteiger partial charge in [-0.3, -0.25) is 4.90 Å². The van der Waals surface area contributed by atoms with Crippen LogP contribution in [0.15, 0.2) is 72.8 Å². The lowest BCUT2D eigenvalue weighted by Crippen LogP contribution is -3.00. The summed E-state index contributed by atoms with van der Waals surface area (Å²) in [6.45, 7) is 3.73. The maximum atomic E-state index is 14.5. The van der Waals surface area contributed by atoms with E-state index in [1.54, 1.807) is 24.3 Å². The van der Waals surface area contributed by atoms with Gasteiger partial charge in [0.25, 0.3) is 0 Å². The van der Waals surface area contributed by atoms with Gasteiger partial charge in [0.2, 0.25) is 0 Å². The van der Waals surface area contributed by atoms with Crippen LogP contribution in [0.4, 0.5) is 23.7 Å². The van der Waals surface area contributed by atoms with Gasteiger partial charge in [0.1, 0.15) is 12.4 Å². The predicted molar refractivity (Wildman–Crippen MR) is 136 cm³/mol. The Bertz CT molecular complexity index is 1220. The number of para-hydroxylation sites is 1. The van der Waals surface area contributed by atoms with Crippen molar-refractivity contribution in [1.29, 1.82) is 0 Å². The molecule has 2 bridgehead atoms. The topological polar surface area (TPSA) is 29.5 Å².